The van der Waals surface area contributed by atoms with Gasteiger partial charge in [0.05, 0.1) is 4.88 Å². The summed E-state index contributed by atoms with van der Waals surface area (Å²) in [6.07, 6.45) is 1.01. The van der Waals surface area contributed by atoms with E-state index in [1.165, 1.54) is 11.3 Å². The van der Waals surface area contributed by atoms with Gasteiger partial charge in [-0.25, -0.2) is 4.79 Å². The minimum atomic E-state index is -0.510. The quantitative estimate of drug-likeness (QED) is 0.756. The van der Waals surface area contributed by atoms with Crippen LogP contribution in [0.15, 0.2) is 17.5 Å². The fraction of sp³-hybridized carbons (Fsp3) is 0.650. The number of piperazine rings is 1. The predicted molar refractivity (Wildman–Crippen MR) is 107 cm³/mol. The zero-order chi connectivity index (χ0) is 20.3. The van der Waals surface area contributed by atoms with Crippen molar-refractivity contribution < 1.29 is 19.1 Å². The van der Waals surface area contributed by atoms with Gasteiger partial charge in [0.2, 0.25) is 5.91 Å². The van der Waals surface area contributed by atoms with Crippen molar-refractivity contribution >= 4 is 29.2 Å². The molecule has 0 spiro atoms. The minimum absolute atomic E-state index is 0.0489. The Morgan fingerprint density at radius 2 is 1.57 bits per heavy atom. The molecule has 0 N–H and O–H groups in total. The van der Waals surface area contributed by atoms with Crippen LogP contribution in [0.1, 0.15) is 43.3 Å². The maximum atomic E-state index is 12.9. The van der Waals surface area contributed by atoms with Crippen molar-refractivity contribution in [3.63, 3.8) is 0 Å². The van der Waals surface area contributed by atoms with E-state index in [0.29, 0.717) is 52.1 Å². The van der Waals surface area contributed by atoms with Crippen LogP contribution in [0.5, 0.6) is 0 Å². The van der Waals surface area contributed by atoms with E-state index in [1.807, 2.05) is 48.1 Å². The van der Waals surface area contributed by atoms with Crippen molar-refractivity contribution in [2.75, 3.05) is 39.3 Å². The topological polar surface area (TPSA) is 70.2 Å². The largest absolute Gasteiger partial charge is 0.444 e. The van der Waals surface area contributed by atoms with E-state index in [9.17, 15) is 14.4 Å². The normalized spacial score (nSPS) is 18.9. The molecule has 0 aromatic carbocycles. The summed E-state index contributed by atoms with van der Waals surface area (Å²) in [4.78, 5) is 43.6. The predicted octanol–water partition coefficient (Wildman–Crippen LogP) is 2.68. The van der Waals surface area contributed by atoms with Gasteiger partial charge in [0, 0.05) is 45.2 Å². The van der Waals surface area contributed by atoms with E-state index in [-0.39, 0.29) is 23.8 Å². The summed E-state index contributed by atoms with van der Waals surface area (Å²) in [6, 6.07) is 3.71. The average molecular weight is 408 g/mol. The number of carbonyl (C=O) groups excluding carboxylic acids is 3. The lowest BCUT2D eigenvalue weighted by molar-refractivity contribution is -0.138. The number of rotatable bonds is 2. The molecular formula is C20H29N3O4S. The molecule has 8 heteroatoms. The van der Waals surface area contributed by atoms with Crippen LogP contribution < -0.4 is 0 Å². The molecular weight excluding hydrogens is 378 g/mol. The van der Waals surface area contributed by atoms with Crippen molar-refractivity contribution in [3.8, 4) is 0 Å². The molecule has 7 nitrogen and oxygen atoms in total. The molecule has 0 radical (unpaired) electrons. The van der Waals surface area contributed by atoms with E-state index in [0.717, 1.165) is 4.88 Å². The monoisotopic (exact) mass is 407 g/mol. The van der Waals surface area contributed by atoms with Gasteiger partial charge in [-0.15, -0.1) is 11.3 Å². The van der Waals surface area contributed by atoms with Crippen molar-refractivity contribution in [1.82, 2.24) is 14.7 Å². The van der Waals surface area contributed by atoms with Crippen LogP contribution in [0, 0.1) is 5.92 Å². The number of hydrogen-bond donors (Lipinski definition) is 0. The highest BCUT2D eigenvalue weighted by atomic mass is 32.1. The summed E-state index contributed by atoms with van der Waals surface area (Å²) in [5.74, 6) is 0.137. The number of piperidine rings is 1. The number of hydrogen-bond acceptors (Lipinski definition) is 5. The summed E-state index contributed by atoms with van der Waals surface area (Å²) in [7, 11) is 0. The molecule has 3 rings (SSSR count). The molecule has 2 fully saturated rings. The Bertz CT molecular complexity index is 698. The Labute approximate surface area is 170 Å². The lowest BCUT2D eigenvalue weighted by Crippen LogP contribution is -2.53. The molecule has 2 saturated heterocycles. The molecule has 3 amide bonds. The van der Waals surface area contributed by atoms with Gasteiger partial charge in [-0.05, 0) is 45.1 Å². The third-order valence-electron chi connectivity index (χ3n) is 5.11. The number of nitrogens with zero attached hydrogens (tertiary/aromatic N) is 3. The highest BCUT2D eigenvalue weighted by Crippen LogP contribution is 2.23. The highest BCUT2D eigenvalue weighted by molar-refractivity contribution is 7.12. The van der Waals surface area contributed by atoms with Gasteiger partial charge in [-0.1, -0.05) is 6.07 Å². The molecule has 0 aliphatic carbocycles. The summed E-state index contributed by atoms with van der Waals surface area (Å²) < 4.78 is 5.41. The van der Waals surface area contributed by atoms with Crippen LogP contribution in [0.4, 0.5) is 4.79 Å². The standard InChI is InChI=1S/C20H29N3O4S/c1-20(2,3)27-19(26)23-8-6-15(7-9-23)17(24)21-10-12-22(13-11-21)18(25)16-5-4-14-28-16/h4-5,14-15H,6-13H2,1-3H3. The molecule has 0 saturated carbocycles. The first kappa shape index (κ1) is 20.6. The van der Waals surface area contributed by atoms with Gasteiger partial charge in [0.1, 0.15) is 5.60 Å². The first-order valence-electron chi connectivity index (χ1n) is 9.84. The molecule has 2 aliphatic rings. The van der Waals surface area contributed by atoms with E-state index < -0.39 is 5.60 Å². The third-order valence-corrected chi connectivity index (χ3v) is 5.96. The summed E-state index contributed by atoms with van der Waals surface area (Å²) in [5.41, 5.74) is -0.510. The number of ether oxygens (including phenoxy) is 1. The maximum Gasteiger partial charge on any atom is 0.410 e. The fourth-order valence-corrected chi connectivity index (χ4v) is 4.27. The molecule has 3 heterocycles. The molecule has 1 aromatic heterocycles. The Morgan fingerprint density at radius 1 is 0.964 bits per heavy atom. The Kier molecular flexibility index (Phi) is 6.27. The number of likely N-dealkylation sites (tertiary alicyclic amines) is 1. The van der Waals surface area contributed by atoms with Crippen molar-refractivity contribution in [1.29, 1.82) is 0 Å². The zero-order valence-corrected chi connectivity index (χ0v) is 17.7. The van der Waals surface area contributed by atoms with E-state index in [2.05, 4.69) is 0 Å². The van der Waals surface area contributed by atoms with Crippen molar-refractivity contribution in [2.45, 2.75) is 39.2 Å². The molecule has 1 aromatic rings. The van der Waals surface area contributed by atoms with Crippen molar-refractivity contribution in [3.05, 3.63) is 22.4 Å². The summed E-state index contributed by atoms with van der Waals surface area (Å²) in [6.45, 7) is 8.92. The van der Waals surface area contributed by atoms with Gasteiger partial charge < -0.3 is 19.4 Å². The molecule has 28 heavy (non-hydrogen) atoms. The summed E-state index contributed by atoms with van der Waals surface area (Å²) in [5, 5.41) is 1.90. The lowest BCUT2D eigenvalue weighted by atomic mass is 9.95. The molecule has 0 unspecified atom stereocenters. The Hall–Kier alpha value is -2.09. The number of carbonyl (C=O) groups is 3. The molecule has 0 bridgehead atoms. The van der Waals surface area contributed by atoms with E-state index in [1.54, 1.807) is 4.90 Å². The van der Waals surface area contributed by atoms with Crippen LogP contribution in [-0.4, -0.2) is 77.5 Å². The second kappa shape index (κ2) is 8.51. The summed E-state index contributed by atoms with van der Waals surface area (Å²) >= 11 is 1.45. The van der Waals surface area contributed by atoms with Crippen molar-refractivity contribution in [2.24, 2.45) is 5.92 Å². The molecule has 2 aliphatic heterocycles. The minimum Gasteiger partial charge on any atom is -0.444 e. The van der Waals surface area contributed by atoms with Crippen LogP contribution in [0.3, 0.4) is 0 Å². The first-order valence-corrected chi connectivity index (χ1v) is 10.7. The van der Waals surface area contributed by atoms with Crippen LogP contribution >= 0.6 is 11.3 Å². The molecule has 0 atom stereocenters. The van der Waals surface area contributed by atoms with Gasteiger partial charge in [0.15, 0.2) is 0 Å². The first-order chi connectivity index (χ1) is 13.2. The van der Waals surface area contributed by atoms with Crippen LogP contribution in [-0.2, 0) is 9.53 Å². The highest BCUT2D eigenvalue weighted by Gasteiger charge is 2.33. The zero-order valence-electron chi connectivity index (χ0n) is 16.8. The van der Waals surface area contributed by atoms with Crippen LogP contribution in [0.25, 0.3) is 0 Å². The van der Waals surface area contributed by atoms with E-state index in [4.69, 9.17) is 4.74 Å². The van der Waals surface area contributed by atoms with Gasteiger partial charge >= 0.3 is 6.09 Å². The van der Waals surface area contributed by atoms with Gasteiger partial charge in [0.25, 0.3) is 5.91 Å². The van der Waals surface area contributed by atoms with E-state index >= 15 is 0 Å². The Morgan fingerprint density at radius 3 is 2.11 bits per heavy atom. The maximum absolute atomic E-state index is 12.9. The number of amides is 3. The molecule has 154 valence electrons. The second-order valence-corrected chi connectivity index (χ2v) is 9.28. The van der Waals surface area contributed by atoms with Gasteiger partial charge in [-0.2, -0.15) is 0 Å². The van der Waals surface area contributed by atoms with Crippen LogP contribution in [0.2, 0.25) is 0 Å². The SMILES string of the molecule is CC(C)(C)OC(=O)N1CCC(C(=O)N2CCN(C(=O)c3cccs3)CC2)CC1. The second-order valence-electron chi connectivity index (χ2n) is 8.34. The average Bonchev–Trinajstić information content (AvgIpc) is 3.20. The smallest absolute Gasteiger partial charge is 0.410 e. The number of thiophene rings is 1. The van der Waals surface area contributed by atoms with Gasteiger partial charge in [-0.3, -0.25) is 9.59 Å². The fourth-order valence-electron chi connectivity index (χ4n) is 3.58. The Balaban J connectivity index is 1.45. The third kappa shape index (κ3) is 5.04. The lowest BCUT2D eigenvalue weighted by Gasteiger charge is -2.38.